The summed E-state index contributed by atoms with van der Waals surface area (Å²) in [6.45, 7) is 0.360. The molecule has 0 aromatic carbocycles. The Morgan fingerprint density at radius 3 is 3.00 bits per heavy atom. The molecule has 6 nitrogen and oxygen atoms in total. The molecule has 2 heterocycles. The zero-order valence-corrected chi connectivity index (χ0v) is 10.1. The van der Waals surface area contributed by atoms with Crippen molar-refractivity contribution in [2.75, 3.05) is 11.9 Å². The van der Waals surface area contributed by atoms with Gasteiger partial charge in [0.1, 0.15) is 12.1 Å². The van der Waals surface area contributed by atoms with E-state index in [0.717, 1.165) is 12.8 Å². The number of rotatable bonds is 4. The van der Waals surface area contributed by atoms with Gasteiger partial charge in [-0.2, -0.15) is 4.98 Å². The molecular weight excluding hydrogens is 232 g/mol. The van der Waals surface area contributed by atoms with Gasteiger partial charge in [-0.3, -0.25) is 4.57 Å². The molecule has 94 valence electrons. The minimum Gasteiger partial charge on any atom is -0.467 e. The SMILES string of the molecule is CN(c1ncn(Cc2ccco2)c(=O)n1)C1CC1. The van der Waals surface area contributed by atoms with Gasteiger partial charge in [0.15, 0.2) is 0 Å². The maximum atomic E-state index is 11.9. The smallest absolute Gasteiger partial charge is 0.352 e. The molecule has 0 spiro atoms. The van der Waals surface area contributed by atoms with Crippen molar-refractivity contribution in [2.24, 2.45) is 0 Å². The lowest BCUT2D eigenvalue weighted by Gasteiger charge is -2.15. The van der Waals surface area contributed by atoms with E-state index in [1.54, 1.807) is 12.3 Å². The summed E-state index contributed by atoms with van der Waals surface area (Å²) in [6.07, 6.45) is 5.40. The molecule has 0 aliphatic heterocycles. The number of hydrogen-bond acceptors (Lipinski definition) is 5. The standard InChI is InChI=1S/C12H14N4O2/c1-15(9-4-5-9)11-13-8-16(12(17)14-11)7-10-3-2-6-18-10/h2-3,6,8-9H,4-5,7H2,1H3. The summed E-state index contributed by atoms with van der Waals surface area (Å²) in [4.78, 5) is 22.0. The highest BCUT2D eigenvalue weighted by molar-refractivity contribution is 5.30. The highest BCUT2D eigenvalue weighted by Crippen LogP contribution is 2.27. The van der Waals surface area contributed by atoms with Crippen molar-refractivity contribution in [3.05, 3.63) is 41.0 Å². The first-order chi connectivity index (χ1) is 8.74. The molecule has 3 rings (SSSR count). The highest BCUT2D eigenvalue weighted by atomic mass is 16.3. The van der Waals surface area contributed by atoms with Gasteiger partial charge >= 0.3 is 5.69 Å². The molecule has 2 aromatic rings. The first-order valence-corrected chi connectivity index (χ1v) is 5.93. The third-order valence-electron chi connectivity index (χ3n) is 3.07. The molecule has 0 unspecified atom stereocenters. The monoisotopic (exact) mass is 246 g/mol. The van der Waals surface area contributed by atoms with Crippen LogP contribution in [0.4, 0.5) is 5.95 Å². The van der Waals surface area contributed by atoms with E-state index in [0.29, 0.717) is 24.3 Å². The second-order valence-electron chi connectivity index (χ2n) is 4.49. The molecule has 0 N–H and O–H groups in total. The van der Waals surface area contributed by atoms with Gasteiger partial charge in [0.2, 0.25) is 5.95 Å². The van der Waals surface area contributed by atoms with Crippen LogP contribution in [0.5, 0.6) is 0 Å². The predicted octanol–water partition coefficient (Wildman–Crippen LogP) is 0.878. The van der Waals surface area contributed by atoms with Gasteiger partial charge in [-0.25, -0.2) is 9.78 Å². The van der Waals surface area contributed by atoms with Crippen LogP contribution in [-0.2, 0) is 6.54 Å². The molecule has 2 aromatic heterocycles. The average molecular weight is 246 g/mol. The third kappa shape index (κ3) is 2.13. The molecule has 0 amide bonds. The van der Waals surface area contributed by atoms with Gasteiger partial charge in [0.05, 0.1) is 12.8 Å². The van der Waals surface area contributed by atoms with Crippen LogP contribution in [0.15, 0.2) is 33.9 Å². The summed E-state index contributed by atoms with van der Waals surface area (Å²) < 4.78 is 6.63. The van der Waals surface area contributed by atoms with Gasteiger partial charge in [-0.1, -0.05) is 0 Å². The number of anilines is 1. The fourth-order valence-corrected chi connectivity index (χ4v) is 1.82. The minimum absolute atomic E-state index is 0.302. The van der Waals surface area contributed by atoms with Gasteiger partial charge < -0.3 is 9.32 Å². The number of furan rings is 1. The maximum Gasteiger partial charge on any atom is 0.352 e. The number of nitrogens with zero attached hydrogens (tertiary/aromatic N) is 4. The molecular formula is C12H14N4O2. The summed E-state index contributed by atoms with van der Waals surface area (Å²) in [7, 11) is 1.92. The molecule has 18 heavy (non-hydrogen) atoms. The normalized spacial score (nSPS) is 14.7. The zero-order valence-electron chi connectivity index (χ0n) is 10.1. The Morgan fingerprint density at radius 1 is 1.56 bits per heavy atom. The van der Waals surface area contributed by atoms with Gasteiger partial charge in [0, 0.05) is 13.1 Å². The zero-order chi connectivity index (χ0) is 12.5. The lowest BCUT2D eigenvalue weighted by Crippen LogP contribution is -2.30. The van der Waals surface area contributed by atoms with Crippen molar-refractivity contribution >= 4 is 5.95 Å². The largest absolute Gasteiger partial charge is 0.467 e. The summed E-state index contributed by atoms with van der Waals surface area (Å²) in [5.41, 5.74) is -0.302. The molecule has 0 saturated heterocycles. The van der Waals surface area contributed by atoms with E-state index in [2.05, 4.69) is 9.97 Å². The van der Waals surface area contributed by atoms with Crippen LogP contribution in [-0.4, -0.2) is 27.6 Å². The van der Waals surface area contributed by atoms with Gasteiger partial charge in [-0.05, 0) is 25.0 Å². The van der Waals surface area contributed by atoms with Crippen LogP contribution in [0, 0.1) is 0 Å². The van der Waals surface area contributed by atoms with Crippen LogP contribution in [0.2, 0.25) is 0 Å². The minimum atomic E-state index is -0.302. The Morgan fingerprint density at radius 2 is 2.39 bits per heavy atom. The fourth-order valence-electron chi connectivity index (χ4n) is 1.82. The second-order valence-corrected chi connectivity index (χ2v) is 4.49. The summed E-state index contributed by atoms with van der Waals surface area (Å²) in [5.74, 6) is 1.21. The summed E-state index contributed by atoms with van der Waals surface area (Å²) in [6, 6.07) is 4.10. The van der Waals surface area contributed by atoms with Crippen LogP contribution in [0.3, 0.4) is 0 Å². The van der Waals surface area contributed by atoms with Crippen molar-refractivity contribution in [2.45, 2.75) is 25.4 Å². The summed E-state index contributed by atoms with van der Waals surface area (Å²) >= 11 is 0. The van der Waals surface area contributed by atoms with Crippen molar-refractivity contribution in [1.29, 1.82) is 0 Å². The van der Waals surface area contributed by atoms with Crippen molar-refractivity contribution in [3.8, 4) is 0 Å². The average Bonchev–Trinajstić information content (AvgIpc) is 3.10. The Kier molecular flexibility index (Phi) is 2.62. The molecule has 0 radical (unpaired) electrons. The molecule has 6 heteroatoms. The van der Waals surface area contributed by atoms with Crippen LogP contribution < -0.4 is 10.6 Å². The van der Waals surface area contributed by atoms with E-state index in [-0.39, 0.29) is 5.69 Å². The van der Waals surface area contributed by atoms with E-state index >= 15 is 0 Å². The van der Waals surface area contributed by atoms with E-state index < -0.39 is 0 Å². The van der Waals surface area contributed by atoms with Crippen LogP contribution in [0.1, 0.15) is 18.6 Å². The van der Waals surface area contributed by atoms with Crippen molar-refractivity contribution < 1.29 is 4.42 Å². The first kappa shape index (κ1) is 11.0. The van der Waals surface area contributed by atoms with Gasteiger partial charge in [-0.15, -0.1) is 0 Å². The van der Waals surface area contributed by atoms with Crippen molar-refractivity contribution in [3.63, 3.8) is 0 Å². The molecule has 1 fully saturated rings. The second kappa shape index (κ2) is 4.29. The lowest BCUT2D eigenvalue weighted by molar-refractivity contribution is 0.484. The van der Waals surface area contributed by atoms with Crippen molar-refractivity contribution in [1.82, 2.24) is 14.5 Å². The lowest BCUT2D eigenvalue weighted by atomic mass is 10.4. The Bertz CT molecular complexity index is 586. The predicted molar refractivity (Wildman–Crippen MR) is 65.5 cm³/mol. The number of aromatic nitrogens is 3. The molecule has 1 saturated carbocycles. The first-order valence-electron chi connectivity index (χ1n) is 5.93. The number of hydrogen-bond donors (Lipinski definition) is 0. The molecule has 0 bridgehead atoms. The van der Waals surface area contributed by atoms with E-state index in [9.17, 15) is 4.79 Å². The molecule has 1 aliphatic carbocycles. The fraction of sp³-hybridized carbons (Fsp3) is 0.417. The van der Waals surface area contributed by atoms with E-state index in [4.69, 9.17) is 4.42 Å². The Balaban J connectivity index is 1.82. The maximum absolute atomic E-state index is 11.9. The molecule has 1 aliphatic rings. The van der Waals surface area contributed by atoms with E-state index in [1.165, 1.54) is 10.9 Å². The third-order valence-corrected chi connectivity index (χ3v) is 3.07. The van der Waals surface area contributed by atoms with Crippen LogP contribution in [0.25, 0.3) is 0 Å². The van der Waals surface area contributed by atoms with E-state index in [1.807, 2.05) is 18.0 Å². The molecule has 0 atom stereocenters. The quantitative estimate of drug-likeness (QED) is 0.801. The Hall–Kier alpha value is -2.11. The Labute approximate surface area is 104 Å². The highest BCUT2D eigenvalue weighted by Gasteiger charge is 2.28. The topological polar surface area (TPSA) is 64.2 Å². The summed E-state index contributed by atoms with van der Waals surface area (Å²) in [5, 5.41) is 0. The van der Waals surface area contributed by atoms with Crippen LogP contribution >= 0.6 is 0 Å². The van der Waals surface area contributed by atoms with Gasteiger partial charge in [0.25, 0.3) is 0 Å².